The molecule has 4 N–H and O–H groups in total. The molecule has 154 valence electrons. The smallest absolute Gasteiger partial charge is 0.408 e. The number of carbonyl (C=O) groups excluding carboxylic acids is 3. The first-order valence-electron chi connectivity index (χ1n) is 8.28. The fourth-order valence-corrected chi connectivity index (χ4v) is 2.17. The van der Waals surface area contributed by atoms with Crippen molar-refractivity contribution in [3.05, 3.63) is 33.9 Å². The molecule has 0 unspecified atom stereocenters. The van der Waals surface area contributed by atoms with Crippen molar-refractivity contribution >= 4 is 29.3 Å². The van der Waals surface area contributed by atoms with Crippen LogP contribution in [0.25, 0.3) is 0 Å². The number of nitrogens with two attached hydrogens (primary N) is 1. The van der Waals surface area contributed by atoms with Crippen LogP contribution in [0, 0.1) is 17.0 Å². The molecule has 0 aliphatic heterocycles. The number of hydrogen-bond donors (Lipinski definition) is 3. The summed E-state index contributed by atoms with van der Waals surface area (Å²) in [5.41, 5.74) is 4.32. The maximum atomic E-state index is 13.8. The van der Waals surface area contributed by atoms with Gasteiger partial charge in [0, 0.05) is 24.2 Å². The van der Waals surface area contributed by atoms with E-state index in [9.17, 15) is 28.9 Å². The lowest BCUT2D eigenvalue weighted by molar-refractivity contribution is -0.384. The minimum atomic E-state index is -2.20. The van der Waals surface area contributed by atoms with Gasteiger partial charge in [-0.2, -0.15) is 0 Å². The number of nitro benzene ring substituents is 1. The van der Waals surface area contributed by atoms with E-state index in [2.05, 4.69) is 10.6 Å². The molecule has 0 bridgehead atoms. The third-order valence-electron chi connectivity index (χ3n) is 3.30. The summed E-state index contributed by atoms with van der Waals surface area (Å²) >= 11 is 0. The third kappa shape index (κ3) is 7.56. The molecule has 0 aliphatic rings. The summed E-state index contributed by atoms with van der Waals surface area (Å²) in [6, 6.07) is 2.36. The number of halogens is 1. The van der Waals surface area contributed by atoms with Crippen molar-refractivity contribution in [3.8, 4) is 0 Å². The van der Waals surface area contributed by atoms with E-state index in [1.165, 1.54) is 12.1 Å². The Bertz CT molecular complexity index is 777. The number of amides is 3. The molecule has 1 rings (SSSR count). The van der Waals surface area contributed by atoms with Crippen molar-refractivity contribution in [1.82, 2.24) is 5.32 Å². The lowest BCUT2D eigenvalue weighted by atomic mass is 10.1. The van der Waals surface area contributed by atoms with Gasteiger partial charge >= 0.3 is 6.09 Å². The molecule has 0 spiro atoms. The van der Waals surface area contributed by atoms with Crippen LogP contribution >= 0.6 is 0 Å². The molecule has 0 fully saturated rings. The number of non-ortho nitro benzene ring substituents is 1. The molecular formula is C17H23FN4O6. The van der Waals surface area contributed by atoms with Crippen molar-refractivity contribution in [3.63, 3.8) is 0 Å². The lowest BCUT2D eigenvalue weighted by Crippen LogP contribution is -2.48. The van der Waals surface area contributed by atoms with Gasteiger partial charge in [-0.3, -0.25) is 19.7 Å². The zero-order valence-electron chi connectivity index (χ0n) is 15.9. The summed E-state index contributed by atoms with van der Waals surface area (Å²) in [7, 11) is 0. The molecule has 10 nitrogen and oxygen atoms in total. The zero-order chi connectivity index (χ0) is 21.6. The summed E-state index contributed by atoms with van der Waals surface area (Å²) < 4.78 is 18.8. The van der Waals surface area contributed by atoms with Gasteiger partial charge in [0.15, 0.2) is 6.17 Å². The van der Waals surface area contributed by atoms with Gasteiger partial charge in [-0.25, -0.2) is 9.18 Å². The van der Waals surface area contributed by atoms with Crippen LogP contribution < -0.4 is 16.4 Å². The number of nitro groups is 1. The highest BCUT2D eigenvalue weighted by Crippen LogP contribution is 2.21. The van der Waals surface area contributed by atoms with E-state index >= 15 is 0 Å². The Labute approximate surface area is 160 Å². The highest BCUT2D eigenvalue weighted by atomic mass is 19.1. The summed E-state index contributed by atoms with van der Waals surface area (Å²) in [6.07, 6.45) is -3.93. The first kappa shape index (κ1) is 22.8. The molecule has 0 saturated heterocycles. The predicted molar refractivity (Wildman–Crippen MR) is 98.3 cm³/mol. The molecule has 0 radical (unpaired) electrons. The van der Waals surface area contributed by atoms with Crippen molar-refractivity contribution in [2.75, 3.05) is 5.32 Å². The molecule has 0 aliphatic carbocycles. The maximum Gasteiger partial charge on any atom is 0.408 e. The van der Waals surface area contributed by atoms with Crippen molar-refractivity contribution < 1.29 is 28.4 Å². The minimum Gasteiger partial charge on any atom is -0.444 e. The van der Waals surface area contributed by atoms with Crippen LogP contribution in [-0.2, 0) is 14.3 Å². The number of rotatable bonds is 7. The van der Waals surface area contributed by atoms with Gasteiger partial charge in [0.1, 0.15) is 11.6 Å². The number of primary amides is 1. The van der Waals surface area contributed by atoms with Gasteiger partial charge in [0.25, 0.3) is 11.6 Å². The quantitative estimate of drug-likeness (QED) is 0.471. The third-order valence-corrected chi connectivity index (χ3v) is 3.30. The lowest BCUT2D eigenvalue weighted by Gasteiger charge is -2.23. The first-order valence-corrected chi connectivity index (χ1v) is 8.28. The van der Waals surface area contributed by atoms with Crippen LogP contribution in [0.15, 0.2) is 18.2 Å². The highest BCUT2D eigenvalue weighted by molar-refractivity contribution is 5.97. The SMILES string of the molecule is Cc1cc(NC(=O)[C@H](C[C@@H](F)C(N)=O)NC(=O)OC(C)(C)C)cc([N+](=O)[O-])c1. The molecule has 1 aromatic rings. The van der Waals surface area contributed by atoms with Crippen LogP contribution in [0.3, 0.4) is 0 Å². The number of nitrogens with zero attached hydrogens (tertiary/aromatic N) is 1. The number of nitrogens with one attached hydrogen (secondary N) is 2. The normalized spacial score (nSPS) is 13.2. The van der Waals surface area contributed by atoms with Gasteiger partial charge in [-0.05, 0) is 39.3 Å². The molecule has 0 heterocycles. The second kappa shape index (κ2) is 9.11. The molecule has 3 amide bonds. The molecule has 1 aromatic carbocycles. The van der Waals surface area contributed by atoms with Crippen LogP contribution in [0.2, 0.25) is 0 Å². The maximum absolute atomic E-state index is 13.8. The number of ether oxygens (including phenoxy) is 1. The second-order valence-electron chi connectivity index (χ2n) is 7.11. The van der Waals surface area contributed by atoms with Gasteiger partial charge in [-0.15, -0.1) is 0 Å². The van der Waals surface area contributed by atoms with Crippen LogP contribution in [0.1, 0.15) is 32.8 Å². The fraction of sp³-hybridized carbons (Fsp3) is 0.471. The molecule has 0 saturated carbocycles. The van der Waals surface area contributed by atoms with E-state index in [1.54, 1.807) is 27.7 Å². The van der Waals surface area contributed by atoms with Crippen molar-refractivity contribution in [2.24, 2.45) is 5.73 Å². The average Bonchev–Trinajstić information content (AvgIpc) is 2.51. The summed E-state index contributed by atoms with van der Waals surface area (Å²) in [5.74, 6) is -2.19. The van der Waals surface area contributed by atoms with E-state index in [0.717, 1.165) is 6.07 Å². The molecule has 28 heavy (non-hydrogen) atoms. The van der Waals surface area contributed by atoms with E-state index in [-0.39, 0.29) is 11.4 Å². The van der Waals surface area contributed by atoms with Crippen LogP contribution in [-0.4, -0.2) is 40.6 Å². The van der Waals surface area contributed by atoms with Crippen molar-refractivity contribution in [1.29, 1.82) is 0 Å². The van der Waals surface area contributed by atoms with E-state index in [1.807, 2.05) is 0 Å². The fourth-order valence-electron chi connectivity index (χ4n) is 2.17. The monoisotopic (exact) mass is 398 g/mol. The number of alkyl halides is 1. The Morgan fingerprint density at radius 2 is 1.89 bits per heavy atom. The van der Waals surface area contributed by atoms with E-state index < -0.39 is 47.1 Å². The number of benzene rings is 1. The first-order chi connectivity index (χ1) is 12.8. The summed E-state index contributed by atoms with van der Waals surface area (Å²) in [5, 5.41) is 15.5. The topological polar surface area (TPSA) is 154 Å². The Morgan fingerprint density at radius 3 is 2.39 bits per heavy atom. The van der Waals surface area contributed by atoms with Gasteiger partial charge in [-0.1, -0.05) is 0 Å². The minimum absolute atomic E-state index is 0.0715. The molecule has 11 heteroatoms. The summed E-state index contributed by atoms with van der Waals surface area (Å²) in [6.45, 7) is 6.36. The number of alkyl carbamates (subject to hydrolysis) is 1. The van der Waals surface area contributed by atoms with Gasteiger partial charge in [0.2, 0.25) is 5.91 Å². The van der Waals surface area contributed by atoms with Gasteiger partial charge < -0.3 is 21.1 Å². The largest absolute Gasteiger partial charge is 0.444 e. The van der Waals surface area contributed by atoms with E-state index in [4.69, 9.17) is 10.5 Å². The van der Waals surface area contributed by atoms with Crippen molar-refractivity contribution in [2.45, 2.75) is 51.9 Å². The Hall–Kier alpha value is -3.24. The number of anilines is 1. The second-order valence-corrected chi connectivity index (χ2v) is 7.11. The van der Waals surface area contributed by atoms with Crippen LogP contribution in [0.5, 0.6) is 0 Å². The Balaban J connectivity index is 3.02. The number of aryl methyl sites for hydroxylation is 1. The molecule has 0 aromatic heterocycles. The predicted octanol–water partition coefficient (Wildman–Crippen LogP) is 1.95. The Kier molecular flexibility index (Phi) is 7.42. The standard InChI is InChI=1S/C17H23FN4O6/c1-9-5-10(7-11(6-9)22(26)27)20-15(24)13(8-12(18)14(19)23)21-16(25)28-17(2,3)4/h5-7,12-13H,8H2,1-4H3,(H2,19,23)(H,20,24)(H,21,25)/t12-,13+/m1/s1. The highest BCUT2D eigenvalue weighted by Gasteiger charge is 2.29. The summed E-state index contributed by atoms with van der Waals surface area (Å²) in [4.78, 5) is 45.7. The zero-order valence-corrected chi connectivity index (χ0v) is 15.9. The molecular weight excluding hydrogens is 375 g/mol. The number of carbonyl (C=O) groups is 3. The molecule has 2 atom stereocenters. The van der Waals surface area contributed by atoms with Crippen LogP contribution in [0.4, 0.5) is 20.6 Å². The Morgan fingerprint density at radius 1 is 1.29 bits per heavy atom. The van der Waals surface area contributed by atoms with Gasteiger partial charge in [0.05, 0.1) is 4.92 Å². The average molecular weight is 398 g/mol. The van der Waals surface area contributed by atoms with E-state index in [0.29, 0.717) is 5.56 Å². The number of hydrogen-bond acceptors (Lipinski definition) is 6.